The van der Waals surface area contributed by atoms with Crippen molar-refractivity contribution < 1.29 is 9.53 Å². The molecule has 1 fully saturated rings. The Morgan fingerprint density at radius 2 is 2.21 bits per heavy atom. The van der Waals surface area contributed by atoms with E-state index < -0.39 is 0 Å². The molecule has 1 aromatic rings. The van der Waals surface area contributed by atoms with Crippen LogP contribution in [0.1, 0.15) is 6.42 Å². The molecule has 2 N–H and O–H groups in total. The van der Waals surface area contributed by atoms with Gasteiger partial charge in [-0.1, -0.05) is 23.2 Å². The summed E-state index contributed by atoms with van der Waals surface area (Å²) in [5.41, 5.74) is 5.60. The molecule has 0 bridgehead atoms. The van der Waals surface area contributed by atoms with Gasteiger partial charge in [0, 0.05) is 19.2 Å². The molecule has 1 atom stereocenters. The van der Waals surface area contributed by atoms with Gasteiger partial charge < -0.3 is 15.4 Å². The second kappa shape index (κ2) is 6.46. The lowest BCUT2D eigenvalue weighted by Gasteiger charge is -2.16. The molecule has 1 aliphatic heterocycles. The summed E-state index contributed by atoms with van der Waals surface area (Å²) in [5, 5.41) is 0.877. The number of benzene rings is 1. The number of rotatable bonds is 4. The maximum atomic E-state index is 11.9. The number of ether oxygens (including phenoxy) is 1. The molecule has 1 aliphatic rings. The van der Waals surface area contributed by atoms with Crippen LogP contribution in [0, 0.1) is 5.92 Å². The van der Waals surface area contributed by atoms with Gasteiger partial charge in [0.15, 0.2) is 6.61 Å². The van der Waals surface area contributed by atoms with E-state index in [-0.39, 0.29) is 12.5 Å². The van der Waals surface area contributed by atoms with E-state index in [0.29, 0.717) is 28.3 Å². The second-order valence-electron chi connectivity index (χ2n) is 4.59. The lowest BCUT2D eigenvalue weighted by atomic mass is 10.1. The van der Waals surface area contributed by atoms with Gasteiger partial charge in [-0.3, -0.25) is 4.79 Å². The summed E-state index contributed by atoms with van der Waals surface area (Å²) in [4.78, 5) is 13.7. The Morgan fingerprint density at radius 3 is 2.84 bits per heavy atom. The second-order valence-corrected chi connectivity index (χ2v) is 5.41. The highest BCUT2D eigenvalue weighted by molar-refractivity contribution is 6.42. The molecule has 1 aromatic carbocycles. The fourth-order valence-electron chi connectivity index (χ4n) is 2.05. The van der Waals surface area contributed by atoms with Crippen molar-refractivity contribution in [3.05, 3.63) is 28.2 Å². The maximum absolute atomic E-state index is 11.9. The zero-order chi connectivity index (χ0) is 13.8. The van der Waals surface area contributed by atoms with Gasteiger partial charge in [-0.25, -0.2) is 0 Å². The van der Waals surface area contributed by atoms with Crippen molar-refractivity contribution in [1.82, 2.24) is 4.90 Å². The molecular formula is C13H16Cl2N2O2. The molecule has 0 radical (unpaired) electrons. The number of hydrogen-bond donors (Lipinski definition) is 1. The first kappa shape index (κ1) is 14.4. The highest BCUT2D eigenvalue weighted by Gasteiger charge is 2.25. The van der Waals surface area contributed by atoms with Gasteiger partial charge in [0.25, 0.3) is 5.91 Å². The molecule has 0 saturated carbocycles. The van der Waals surface area contributed by atoms with Crippen molar-refractivity contribution in [3.8, 4) is 5.75 Å². The van der Waals surface area contributed by atoms with Gasteiger partial charge in [0.2, 0.25) is 0 Å². The molecule has 0 spiro atoms. The standard InChI is InChI=1S/C13H16Cl2N2O2/c14-11-2-1-10(5-12(11)15)19-8-13(18)17-4-3-9(6-16)7-17/h1-2,5,9H,3-4,6-8,16H2/t9-/m0/s1. The van der Waals surface area contributed by atoms with E-state index in [9.17, 15) is 4.79 Å². The van der Waals surface area contributed by atoms with Gasteiger partial charge in [-0.15, -0.1) is 0 Å². The summed E-state index contributed by atoms with van der Waals surface area (Å²) in [7, 11) is 0. The summed E-state index contributed by atoms with van der Waals surface area (Å²) in [6.45, 7) is 2.11. The Hall–Kier alpha value is -0.970. The van der Waals surface area contributed by atoms with E-state index in [4.69, 9.17) is 33.7 Å². The average Bonchev–Trinajstić information content (AvgIpc) is 2.88. The van der Waals surface area contributed by atoms with E-state index in [1.54, 1.807) is 23.1 Å². The summed E-state index contributed by atoms with van der Waals surface area (Å²) < 4.78 is 5.42. The van der Waals surface area contributed by atoms with Crippen LogP contribution in [0.4, 0.5) is 0 Å². The summed E-state index contributed by atoms with van der Waals surface area (Å²) >= 11 is 11.7. The summed E-state index contributed by atoms with van der Waals surface area (Å²) in [5.74, 6) is 0.924. The van der Waals surface area contributed by atoms with Crippen molar-refractivity contribution in [1.29, 1.82) is 0 Å². The van der Waals surface area contributed by atoms with Crippen LogP contribution in [0.15, 0.2) is 18.2 Å². The Morgan fingerprint density at radius 1 is 1.42 bits per heavy atom. The van der Waals surface area contributed by atoms with Crippen LogP contribution in [0.5, 0.6) is 5.75 Å². The van der Waals surface area contributed by atoms with Crippen LogP contribution >= 0.6 is 23.2 Å². The predicted molar refractivity (Wildman–Crippen MR) is 75.7 cm³/mol. The Balaban J connectivity index is 1.85. The summed E-state index contributed by atoms with van der Waals surface area (Å²) in [6.07, 6.45) is 0.967. The van der Waals surface area contributed by atoms with Gasteiger partial charge >= 0.3 is 0 Å². The third kappa shape index (κ3) is 3.75. The Labute approximate surface area is 122 Å². The molecule has 4 nitrogen and oxygen atoms in total. The number of hydrogen-bond acceptors (Lipinski definition) is 3. The molecule has 1 saturated heterocycles. The van der Waals surface area contributed by atoms with Crippen LogP contribution in [0.2, 0.25) is 10.0 Å². The average molecular weight is 303 g/mol. The zero-order valence-corrected chi connectivity index (χ0v) is 12.0. The first-order chi connectivity index (χ1) is 9.10. The van der Waals surface area contributed by atoms with Crippen molar-refractivity contribution in [2.45, 2.75) is 6.42 Å². The Kier molecular flexibility index (Phi) is 4.91. The maximum Gasteiger partial charge on any atom is 0.260 e. The minimum Gasteiger partial charge on any atom is -0.484 e. The van der Waals surface area contributed by atoms with Crippen LogP contribution in [0.3, 0.4) is 0 Å². The number of nitrogens with two attached hydrogens (primary N) is 1. The third-order valence-electron chi connectivity index (χ3n) is 3.23. The van der Waals surface area contributed by atoms with E-state index in [0.717, 1.165) is 19.5 Å². The molecule has 1 amide bonds. The third-order valence-corrected chi connectivity index (χ3v) is 3.96. The SMILES string of the molecule is NC[C@@H]1CCN(C(=O)COc2ccc(Cl)c(Cl)c2)C1. The van der Waals surface area contributed by atoms with E-state index in [2.05, 4.69) is 0 Å². The molecule has 2 rings (SSSR count). The smallest absolute Gasteiger partial charge is 0.260 e. The highest BCUT2D eigenvalue weighted by atomic mass is 35.5. The topological polar surface area (TPSA) is 55.6 Å². The first-order valence-electron chi connectivity index (χ1n) is 6.16. The monoisotopic (exact) mass is 302 g/mol. The van der Waals surface area contributed by atoms with Gasteiger partial charge in [-0.05, 0) is 31.0 Å². The molecule has 0 unspecified atom stereocenters. The number of amides is 1. The van der Waals surface area contributed by atoms with Crippen molar-refractivity contribution in [2.24, 2.45) is 11.7 Å². The van der Waals surface area contributed by atoms with Crippen LogP contribution in [0.25, 0.3) is 0 Å². The van der Waals surface area contributed by atoms with Crippen LogP contribution in [-0.4, -0.2) is 37.0 Å². The molecule has 19 heavy (non-hydrogen) atoms. The molecule has 104 valence electrons. The summed E-state index contributed by atoms with van der Waals surface area (Å²) in [6, 6.07) is 4.93. The lowest BCUT2D eigenvalue weighted by Crippen LogP contribution is -2.33. The number of halogens is 2. The number of carbonyl (C=O) groups is 1. The molecule has 0 aliphatic carbocycles. The predicted octanol–water partition coefficient (Wildman–Crippen LogP) is 2.18. The zero-order valence-electron chi connectivity index (χ0n) is 10.4. The fourth-order valence-corrected chi connectivity index (χ4v) is 2.34. The number of nitrogens with zero attached hydrogens (tertiary/aromatic N) is 1. The van der Waals surface area contributed by atoms with Crippen molar-refractivity contribution >= 4 is 29.1 Å². The highest BCUT2D eigenvalue weighted by Crippen LogP contribution is 2.26. The largest absolute Gasteiger partial charge is 0.484 e. The van der Waals surface area contributed by atoms with Crippen LogP contribution in [-0.2, 0) is 4.79 Å². The van der Waals surface area contributed by atoms with E-state index in [1.165, 1.54) is 0 Å². The number of carbonyl (C=O) groups excluding carboxylic acids is 1. The molecule has 6 heteroatoms. The first-order valence-corrected chi connectivity index (χ1v) is 6.91. The van der Waals surface area contributed by atoms with E-state index in [1.807, 2.05) is 0 Å². The van der Waals surface area contributed by atoms with Gasteiger partial charge in [0.1, 0.15) is 5.75 Å². The Bertz CT molecular complexity index is 468. The number of likely N-dealkylation sites (tertiary alicyclic amines) is 1. The van der Waals surface area contributed by atoms with Gasteiger partial charge in [0.05, 0.1) is 10.0 Å². The normalized spacial score (nSPS) is 18.7. The van der Waals surface area contributed by atoms with Crippen molar-refractivity contribution in [2.75, 3.05) is 26.2 Å². The minimum atomic E-state index is -0.0259. The molecule has 1 heterocycles. The minimum absolute atomic E-state index is 0.00918. The van der Waals surface area contributed by atoms with E-state index >= 15 is 0 Å². The molecular weight excluding hydrogens is 287 g/mol. The lowest BCUT2D eigenvalue weighted by molar-refractivity contribution is -0.132. The fraction of sp³-hybridized carbons (Fsp3) is 0.462. The van der Waals surface area contributed by atoms with Gasteiger partial charge in [-0.2, -0.15) is 0 Å². The van der Waals surface area contributed by atoms with Crippen molar-refractivity contribution in [3.63, 3.8) is 0 Å². The quantitative estimate of drug-likeness (QED) is 0.927. The van der Waals surface area contributed by atoms with Crippen LogP contribution < -0.4 is 10.5 Å². The molecule has 0 aromatic heterocycles.